The Morgan fingerprint density at radius 2 is 1.77 bits per heavy atom. The van der Waals surface area contributed by atoms with Crippen LogP contribution in [0.25, 0.3) is 0 Å². The molecule has 13 atom stereocenters. The number of aldehydes is 1. The number of rotatable bonds is 12. The minimum atomic E-state index is -1.79. The zero-order valence-corrected chi connectivity index (χ0v) is 24.2. The van der Waals surface area contributed by atoms with Crippen molar-refractivity contribution in [1.82, 2.24) is 10.2 Å². The Morgan fingerprint density at radius 3 is 2.26 bits per heavy atom. The molecule has 2 fully saturated rings. The van der Waals surface area contributed by atoms with Crippen LogP contribution in [0.5, 0.6) is 0 Å². The minimum absolute atomic E-state index is 0.0258. The summed E-state index contributed by atoms with van der Waals surface area (Å²) in [5, 5.41) is 76.6. The van der Waals surface area contributed by atoms with E-state index in [9.17, 15) is 24.9 Å². The number of alkyl halides is 1. The number of likely N-dealkylation sites (N-methyl/N-ethyl adjacent to an activating group) is 1. The zero-order chi connectivity index (χ0) is 30.0. The van der Waals surface area contributed by atoms with Crippen LogP contribution in [0.4, 0.5) is 0 Å². The lowest BCUT2D eigenvalue weighted by molar-refractivity contribution is -0.205. The molecule has 2 heterocycles. The lowest BCUT2D eigenvalue weighted by Gasteiger charge is -2.44. The number of thioether (sulfide) groups is 1. The molecule has 0 aromatic rings. The van der Waals surface area contributed by atoms with Gasteiger partial charge in [-0.15, -0.1) is 23.4 Å². The number of hydrogen-bond acceptors (Lipinski definition) is 13. The third kappa shape index (κ3) is 10.0. The Kier molecular flexibility index (Phi) is 16.2. The number of nitrogens with zero attached hydrogens (tertiary/aromatic N) is 1. The van der Waals surface area contributed by atoms with E-state index in [4.69, 9.17) is 41.9 Å². The highest BCUT2D eigenvalue weighted by Gasteiger charge is 2.48. The van der Waals surface area contributed by atoms with Crippen LogP contribution in [-0.4, -0.2) is 156 Å². The molecule has 0 bridgehead atoms. The van der Waals surface area contributed by atoms with Crippen LogP contribution in [0, 0.1) is 5.92 Å². The normalized spacial score (nSPS) is 34.1. The highest BCUT2D eigenvalue weighted by molar-refractivity contribution is 7.99. The molecule has 0 aliphatic carbocycles. The smallest absolute Gasteiger partial charge is 0.237 e. The van der Waals surface area contributed by atoms with Crippen molar-refractivity contribution in [2.24, 2.45) is 5.92 Å². The molecule has 2 saturated heterocycles. The van der Waals surface area contributed by atoms with Gasteiger partial charge in [-0.25, -0.2) is 0 Å². The van der Waals surface area contributed by atoms with Gasteiger partial charge in [0, 0.05) is 6.54 Å². The fourth-order valence-corrected chi connectivity index (χ4v) is 5.62. The van der Waals surface area contributed by atoms with Gasteiger partial charge in [-0.1, -0.05) is 13.3 Å². The predicted molar refractivity (Wildman–Crippen MR) is 144 cm³/mol. The first-order valence-corrected chi connectivity index (χ1v) is 14.6. The third-order valence-corrected chi connectivity index (χ3v) is 8.18. The molecular formula is C24H45ClN2O11S. The van der Waals surface area contributed by atoms with Crippen molar-refractivity contribution in [3.05, 3.63) is 0 Å². The zero-order valence-electron chi connectivity index (χ0n) is 22.7. The summed E-state index contributed by atoms with van der Waals surface area (Å²) in [5.74, 6) is 0.350. The van der Waals surface area contributed by atoms with Crippen molar-refractivity contribution in [3.63, 3.8) is 0 Å². The number of halogens is 1. The Labute approximate surface area is 238 Å². The quantitative estimate of drug-likeness (QED) is 0.0802. The monoisotopic (exact) mass is 604 g/mol. The predicted octanol–water partition coefficient (Wildman–Crippen LogP) is -2.99. The molecule has 0 aromatic heterocycles. The molecule has 13 nitrogen and oxygen atoms in total. The number of amides is 1. The largest absolute Gasteiger partial charge is 0.394 e. The number of carbonyl (C=O) groups is 2. The summed E-state index contributed by atoms with van der Waals surface area (Å²) in [7, 11) is 1.94. The maximum absolute atomic E-state index is 12.9. The van der Waals surface area contributed by atoms with Crippen molar-refractivity contribution in [3.8, 4) is 0 Å². The van der Waals surface area contributed by atoms with Gasteiger partial charge >= 0.3 is 0 Å². The molecule has 2 rings (SSSR count). The van der Waals surface area contributed by atoms with Crippen LogP contribution in [0.2, 0.25) is 0 Å². The topological polar surface area (TPSA) is 220 Å². The molecule has 15 heteroatoms. The number of hydrogen-bond donors (Lipinski definition) is 9. The van der Waals surface area contributed by atoms with Crippen LogP contribution in [0.15, 0.2) is 0 Å². The van der Waals surface area contributed by atoms with Gasteiger partial charge in [-0.3, -0.25) is 9.69 Å². The molecule has 0 radical (unpaired) electrons. The fourth-order valence-electron chi connectivity index (χ4n) is 4.73. The lowest BCUT2D eigenvalue weighted by atomic mass is 9.92. The average Bonchev–Trinajstić information content (AvgIpc) is 3.29. The minimum Gasteiger partial charge on any atom is -0.394 e. The molecular weight excluding hydrogens is 560 g/mol. The van der Waals surface area contributed by atoms with Gasteiger partial charge in [0.2, 0.25) is 5.91 Å². The Balaban J connectivity index is 0.000000534. The van der Waals surface area contributed by atoms with Crippen LogP contribution in [-0.2, 0) is 14.3 Å². The van der Waals surface area contributed by atoms with Crippen molar-refractivity contribution in [1.29, 1.82) is 0 Å². The van der Waals surface area contributed by atoms with Crippen LogP contribution in [0.1, 0.15) is 33.1 Å². The molecule has 1 amide bonds. The van der Waals surface area contributed by atoms with E-state index in [-0.39, 0.29) is 18.2 Å². The van der Waals surface area contributed by atoms with Gasteiger partial charge < -0.3 is 55.7 Å². The number of aliphatic hydroxyl groups is 8. The molecule has 2 aliphatic rings. The number of likely N-dealkylation sites (tertiary alicyclic amines) is 1. The summed E-state index contributed by atoms with van der Waals surface area (Å²) < 4.78 is 5.79. The number of aliphatic hydroxyl groups excluding tert-OH is 8. The summed E-state index contributed by atoms with van der Waals surface area (Å²) in [6.45, 7) is 3.98. The van der Waals surface area contributed by atoms with Gasteiger partial charge in [-0.05, 0) is 39.0 Å². The first kappa shape index (κ1) is 36.4. The first-order chi connectivity index (χ1) is 18.2. The second-order valence-electron chi connectivity index (χ2n) is 10.1. The Hall–Kier alpha value is -0.620. The molecule has 2 aliphatic heterocycles. The second kappa shape index (κ2) is 17.4. The molecule has 39 heavy (non-hydrogen) atoms. The van der Waals surface area contributed by atoms with E-state index in [1.165, 1.54) is 11.8 Å². The van der Waals surface area contributed by atoms with E-state index in [0.717, 1.165) is 25.8 Å². The van der Waals surface area contributed by atoms with Crippen molar-refractivity contribution < 1.29 is 55.2 Å². The summed E-state index contributed by atoms with van der Waals surface area (Å²) in [6, 6.07) is -0.934. The fraction of sp³-hybridized carbons (Fsp3) is 0.917. The SMILES string of the molecule is CCC[C@@H]1C[C@@H](C(=O)N[C@@H]([C@H]2O[C@H](SC)[C@H](O)[C@@H](O)[C@H]2O)[C@H](C)Cl)N(C)C1.O=C[C@H](O)[C@@H](O)[C@H](O)[C@H](O)CO. The highest BCUT2D eigenvalue weighted by Crippen LogP contribution is 2.31. The second-order valence-corrected chi connectivity index (χ2v) is 11.7. The maximum atomic E-state index is 12.9. The van der Waals surface area contributed by atoms with E-state index in [0.29, 0.717) is 5.92 Å². The van der Waals surface area contributed by atoms with Crippen molar-refractivity contribution >= 4 is 35.6 Å². The Morgan fingerprint density at radius 1 is 1.15 bits per heavy atom. The van der Waals surface area contributed by atoms with Crippen molar-refractivity contribution in [2.45, 2.75) is 105 Å². The maximum Gasteiger partial charge on any atom is 0.237 e. The molecule has 0 saturated carbocycles. The summed E-state index contributed by atoms with van der Waals surface area (Å²) in [5.41, 5.74) is -0.702. The first-order valence-electron chi connectivity index (χ1n) is 12.9. The van der Waals surface area contributed by atoms with Gasteiger partial charge in [-0.2, -0.15) is 0 Å². The summed E-state index contributed by atoms with van der Waals surface area (Å²) in [6.07, 6.45) is -6.94. The average molecular weight is 605 g/mol. The molecule has 9 N–H and O–H groups in total. The van der Waals surface area contributed by atoms with Crippen LogP contribution < -0.4 is 5.32 Å². The van der Waals surface area contributed by atoms with Gasteiger partial charge in [0.25, 0.3) is 0 Å². The highest BCUT2D eigenvalue weighted by atomic mass is 35.5. The van der Waals surface area contributed by atoms with E-state index in [1.54, 1.807) is 13.2 Å². The molecule has 0 unspecified atom stereocenters. The van der Waals surface area contributed by atoms with Gasteiger partial charge in [0.1, 0.15) is 54.3 Å². The lowest BCUT2D eigenvalue weighted by Crippen LogP contribution is -2.65. The van der Waals surface area contributed by atoms with E-state index < -0.39 is 72.3 Å². The van der Waals surface area contributed by atoms with Crippen molar-refractivity contribution in [2.75, 3.05) is 26.5 Å². The third-order valence-electron chi connectivity index (χ3n) is 7.05. The van der Waals surface area contributed by atoms with E-state index in [2.05, 4.69) is 12.2 Å². The summed E-state index contributed by atoms with van der Waals surface area (Å²) >= 11 is 7.55. The molecule has 230 valence electrons. The number of ether oxygens (including phenoxy) is 1. The molecule has 0 aromatic carbocycles. The van der Waals surface area contributed by atoms with Crippen LogP contribution in [0.3, 0.4) is 0 Å². The van der Waals surface area contributed by atoms with E-state index >= 15 is 0 Å². The van der Waals surface area contributed by atoms with E-state index in [1.807, 2.05) is 11.9 Å². The molecule has 0 spiro atoms. The standard InChI is InChI=1S/C18H33ClN2O5S.C6H12O6/c1-5-6-10-7-11(21(3)8-10)17(25)20-12(9(2)19)16-14(23)13(22)15(24)18(26-16)27-4;7-1-3(9)5(11)6(12)4(10)2-8/h9-16,18,22-24H,5-8H2,1-4H3,(H,20,25);1,3-6,8-12H,2H2/t9-,10+,11-,12+,13-,14+,15+,16+,18+;3-,4+,5+,6+/m00/s1. The van der Waals surface area contributed by atoms with Gasteiger partial charge in [0.05, 0.1) is 24.1 Å². The summed E-state index contributed by atoms with van der Waals surface area (Å²) in [4.78, 5) is 24.8. The Bertz CT molecular complexity index is 740. The number of carbonyl (C=O) groups excluding carboxylic acids is 2. The van der Waals surface area contributed by atoms with Crippen LogP contribution >= 0.6 is 23.4 Å². The number of nitrogens with one attached hydrogen (secondary N) is 1. The van der Waals surface area contributed by atoms with Gasteiger partial charge in [0.15, 0.2) is 6.29 Å².